The number of rotatable bonds is 8. The van der Waals surface area contributed by atoms with Crippen LogP contribution in [0.3, 0.4) is 0 Å². The maximum Gasteiger partial charge on any atom is 0.264 e. The predicted molar refractivity (Wildman–Crippen MR) is 107 cm³/mol. The van der Waals surface area contributed by atoms with E-state index in [1.54, 1.807) is 36.4 Å². The molecule has 146 valence electrons. The van der Waals surface area contributed by atoms with Gasteiger partial charge in [-0.15, -0.1) is 0 Å². The van der Waals surface area contributed by atoms with Crippen molar-refractivity contribution < 1.29 is 17.9 Å². The average Bonchev–Trinajstić information content (AvgIpc) is 2.66. The monoisotopic (exact) mass is 410 g/mol. The number of nitrogens with zero attached hydrogens (tertiary/aromatic N) is 1. The number of hydrogen-bond acceptors (Lipinski definition) is 4. The quantitative estimate of drug-likeness (QED) is 0.723. The van der Waals surface area contributed by atoms with E-state index in [1.807, 2.05) is 13.8 Å². The standard InChI is InChI=1S/C19H23ClN2O4S/c1-4-14(2)21-19(23)13-22(16-7-5-15(20)6-8-16)27(24,25)18-11-9-17(26-3)10-12-18/h5-12,14H,4,13H2,1-3H3,(H,21,23)/t14-/m0/s1. The summed E-state index contributed by atoms with van der Waals surface area (Å²) in [5, 5.41) is 3.27. The molecule has 2 aromatic carbocycles. The minimum Gasteiger partial charge on any atom is -0.497 e. The number of amides is 1. The fourth-order valence-corrected chi connectivity index (χ4v) is 3.90. The number of ether oxygens (including phenoxy) is 1. The summed E-state index contributed by atoms with van der Waals surface area (Å²) >= 11 is 5.91. The topological polar surface area (TPSA) is 75.7 Å². The van der Waals surface area contributed by atoms with Crippen LogP contribution in [0.25, 0.3) is 0 Å². The van der Waals surface area contributed by atoms with E-state index in [0.29, 0.717) is 16.5 Å². The van der Waals surface area contributed by atoms with E-state index in [0.717, 1.165) is 10.7 Å². The molecule has 0 spiro atoms. The van der Waals surface area contributed by atoms with Crippen LogP contribution in [0.4, 0.5) is 5.69 Å². The number of carbonyl (C=O) groups is 1. The fraction of sp³-hybridized carbons (Fsp3) is 0.316. The largest absolute Gasteiger partial charge is 0.497 e. The molecule has 2 aromatic rings. The number of anilines is 1. The molecule has 1 amide bonds. The third-order valence-corrected chi connectivity index (χ3v) is 6.11. The summed E-state index contributed by atoms with van der Waals surface area (Å²) in [6.07, 6.45) is 0.748. The van der Waals surface area contributed by atoms with Gasteiger partial charge in [0, 0.05) is 11.1 Å². The molecule has 0 aliphatic carbocycles. The molecule has 0 radical (unpaired) electrons. The molecule has 1 atom stereocenters. The molecular formula is C19H23ClN2O4S. The van der Waals surface area contributed by atoms with Crippen LogP contribution >= 0.6 is 11.6 Å². The molecule has 0 fully saturated rings. The van der Waals surface area contributed by atoms with Gasteiger partial charge >= 0.3 is 0 Å². The molecule has 1 N–H and O–H groups in total. The van der Waals surface area contributed by atoms with E-state index in [1.165, 1.54) is 19.2 Å². The number of carbonyl (C=O) groups excluding carboxylic acids is 1. The van der Waals surface area contributed by atoms with Crippen molar-refractivity contribution in [2.45, 2.75) is 31.2 Å². The zero-order chi connectivity index (χ0) is 20.0. The maximum absolute atomic E-state index is 13.2. The Labute approximate surface area is 165 Å². The Morgan fingerprint density at radius 3 is 2.26 bits per heavy atom. The normalized spacial score (nSPS) is 12.3. The van der Waals surface area contributed by atoms with Gasteiger partial charge in [0.1, 0.15) is 12.3 Å². The molecule has 0 saturated carbocycles. The van der Waals surface area contributed by atoms with Gasteiger partial charge in [0.15, 0.2) is 0 Å². The van der Waals surface area contributed by atoms with E-state index in [2.05, 4.69) is 5.32 Å². The second-order valence-corrected chi connectivity index (χ2v) is 8.34. The van der Waals surface area contributed by atoms with Gasteiger partial charge < -0.3 is 10.1 Å². The van der Waals surface area contributed by atoms with E-state index >= 15 is 0 Å². The zero-order valence-electron chi connectivity index (χ0n) is 15.5. The minimum absolute atomic E-state index is 0.0479. The molecule has 2 rings (SSSR count). The Balaban J connectivity index is 2.40. The van der Waals surface area contributed by atoms with Crippen molar-refractivity contribution >= 4 is 33.2 Å². The van der Waals surface area contributed by atoms with Crippen LogP contribution in [-0.4, -0.2) is 34.0 Å². The highest BCUT2D eigenvalue weighted by Crippen LogP contribution is 2.26. The molecular weight excluding hydrogens is 388 g/mol. The van der Waals surface area contributed by atoms with Crippen molar-refractivity contribution in [3.8, 4) is 5.75 Å². The number of benzene rings is 2. The first-order valence-electron chi connectivity index (χ1n) is 8.49. The maximum atomic E-state index is 13.2. The summed E-state index contributed by atoms with van der Waals surface area (Å²) < 4.78 is 32.5. The van der Waals surface area contributed by atoms with E-state index in [-0.39, 0.29) is 23.4 Å². The third kappa shape index (κ3) is 5.37. The van der Waals surface area contributed by atoms with E-state index in [9.17, 15) is 13.2 Å². The number of sulfonamides is 1. The highest BCUT2D eigenvalue weighted by Gasteiger charge is 2.27. The molecule has 27 heavy (non-hydrogen) atoms. The summed E-state index contributed by atoms with van der Waals surface area (Å²) in [6, 6.07) is 12.3. The van der Waals surface area contributed by atoms with Crippen LogP contribution in [0.2, 0.25) is 5.02 Å². The first-order chi connectivity index (χ1) is 12.8. The third-order valence-electron chi connectivity index (χ3n) is 4.07. The SMILES string of the molecule is CC[C@H](C)NC(=O)CN(c1ccc(Cl)cc1)S(=O)(=O)c1ccc(OC)cc1. The Bertz CT molecular complexity index is 868. The molecule has 0 aliphatic rings. The summed E-state index contributed by atoms with van der Waals surface area (Å²) in [7, 11) is -2.45. The van der Waals surface area contributed by atoms with Gasteiger partial charge in [-0.3, -0.25) is 9.10 Å². The lowest BCUT2D eigenvalue weighted by Gasteiger charge is -2.25. The van der Waals surface area contributed by atoms with Crippen molar-refractivity contribution in [1.82, 2.24) is 5.32 Å². The lowest BCUT2D eigenvalue weighted by Crippen LogP contribution is -2.43. The smallest absolute Gasteiger partial charge is 0.264 e. The number of hydrogen-bond donors (Lipinski definition) is 1. The summed E-state index contributed by atoms with van der Waals surface area (Å²) in [6.45, 7) is 3.47. The molecule has 0 aromatic heterocycles. The number of nitrogens with one attached hydrogen (secondary N) is 1. The van der Waals surface area contributed by atoms with Gasteiger partial charge in [0.2, 0.25) is 5.91 Å². The minimum atomic E-state index is -3.96. The van der Waals surface area contributed by atoms with Crippen LogP contribution in [0.15, 0.2) is 53.4 Å². The number of halogens is 1. The molecule has 0 aliphatic heterocycles. The summed E-state index contributed by atoms with van der Waals surface area (Å²) in [4.78, 5) is 12.4. The molecule has 6 nitrogen and oxygen atoms in total. The Kier molecular flexibility index (Phi) is 7.10. The Morgan fingerprint density at radius 1 is 1.15 bits per heavy atom. The van der Waals surface area contributed by atoms with Gasteiger partial charge in [0.25, 0.3) is 10.0 Å². The Hall–Kier alpha value is -2.25. The van der Waals surface area contributed by atoms with Gasteiger partial charge in [-0.1, -0.05) is 18.5 Å². The average molecular weight is 411 g/mol. The van der Waals surface area contributed by atoms with Gasteiger partial charge in [-0.25, -0.2) is 8.42 Å². The first-order valence-corrected chi connectivity index (χ1v) is 10.3. The molecule has 0 saturated heterocycles. The van der Waals surface area contributed by atoms with Crippen molar-refractivity contribution in [3.63, 3.8) is 0 Å². The van der Waals surface area contributed by atoms with E-state index < -0.39 is 10.0 Å². The van der Waals surface area contributed by atoms with E-state index in [4.69, 9.17) is 16.3 Å². The van der Waals surface area contributed by atoms with Crippen molar-refractivity contribution in [1.29, 1.82) is 0 Å². The zero-order valence-corrected chi connectivity index (χ0v) is 17.0. The first kappa shape index (κ1) is 21.1. The highest BCUT2D eigenvalue weighted by molar-refractivity contribution is 7.92. The molecule has 8 heteroatoms. The van der Waals surface area contributed by atoms with Gasteiger partial charge in [-0.05, 0) is 61.9 Å². The summed E-state index contributed by atoms with van der Waals surface area (Å²) in [5.41, 5.74) is 0.356. The second-order valence-electron chi connectivity index (χ2n) is 6.04. The van der Waals surface area contributed by atoms with Crippen LogP contribution in [0.1, 0.15) is 20.3 Å². The van der Waals surface area contributed by atoms with Crippen LogP contribution in [0.5, 0.6) is 5.75 Å². The lowest BCUT2D eigenvalue weighted by molar-refractivity contribution is -0.120. The lowest BCUT2D eigenvalue weighted by atomic mass is 10.2. The van der Waals surface area contributed by atoms with Crippen molar-refractivity contribution in [2.75, 3.05) is 18.0 Å². The highest BCUT2D eigenvalue weighted by atomic mass is 35.5. The fourth-order valence-electron chi connectivity index (χ4n) is 2.35. The molecule has 0 unspecified atom stereocenters. The van der Waals surface area contributed by atoms with Crippen molar-refractivity contribution in [2.24, 2.45) is 0 Å². The van der Waals surface area contributed by atoms with Crippen LogP contribution < -0.4 is 14.4 Å². The predicted octanol–water partition coefficient (Wildman–Crippen LogP) is 3.46. The Morgan fingerprint density at radius 2 is 1.74 bits per heavy atom. The molecule has 0 heterocycles. The van der Waals surface area contributed by atoms with Crippen molar-refractivity contribution in [3.05, 3.63) is 53.6 Å². The van der Waals surface area contributed by atoms with Crippen LogP contribution in [0, 0.1) is 0 Å². The second kappa shape index (κ2) is 9.10. The summed E-state index contributed by atoms with van der Waals surface area (Å²) in [5.74, 6) is 0.165. The number of methoxy groups -OCH3 is 1. The van der Waals surface area contributed by atoms with Gasteiger partial charge in [0.05, 0.1) is 17.7 Å². The van der Waals surface area contributed by atoms with Gasteiger partial charge in [-0.2, -0.15) is 0 Å². The van der Waals surface area contributed by atoms with Crippen LogP contribution in [-0.2, 0) is 14.8 Å². The molecule has 0 bridgehead atoms.